The molecule has 2 aliphatic rings. The zero-order chi connectivity index (χ0) is 14.8. The lowest BCUT2D eigenvalue weighted by Gasteiger charge is -2.33. The lowest BCUT2D eigenvalue weighted by Crippen LogP contribution is -2.42. The molecule has 1 saturated heterocycles. The minimum Gasteiger partial charge on any atom is -0.336 e. The first-order valence-corrected chi connectivity index (χ1v) is 7.53. The Morgan fingerprint density at radius 2 is 2.24 bits per heavy atom. The smallest absolute Gasteiger partial charge is 0.324 e. The van der Waals surface area contributed by atoms with Crippen LogP contribution in [0.5, 0.6) is 0 Å². The number of nitrogens with one attached hydrogen (secondary N) is 1. The van der Waals surface area contributed by atoms with Gasteiger partial charge >= 0.3 is 6.03 Å². The second kappa shape index (κ2) is 5.85. The molecule has 3 rings (SSSR count). The van der Waals surface area contributed by atoms with Gasteiger partial charge in [0.25, 0.3) is 0 Å². The second-order valence-electron chi connectivity index (χ2n) is 5.80. The number of likely N-dealkylation sites (N-methyl/N-ethyl adjacent to an activating group) is 1. The third-order valence-corrected chi connectivity index (χ3v) is 4.41. The van der Waals surface area contributed by atoms with Gasteiger partial charge in [0.15, 0.2) is 0 Å². The van der Waals surface area contributed by atoms with Crippen molar-refractivity contribution in [2.45, 2.75) is 25.3 Å². The monoisotopic (exact) mass is 287 g/mol. The van der Waals surface area contributed by atoms with E-state index < -0.39 is 0 Å². The average Bonchev–Trinajstić information content (AvgIpc) is 2.92. The lowest BCUT2D eigenvalue weighted by atomic mass is 9.87. The van der Waals surface area contributed by atoms with E-state index >= 15 is 0 Å². The van der Waals surface area contributed by atoms with Gasteiger partial charge in [-0.3, -0.25) is 14.6 Å². The third-order valence-electron chi connectivity index (χ3n) is 4.41. The Kier molecular flexibility index (Phi) is 3.92. The Bertz CT molecular complexity index is 558. The standard InChI is InChI=1S/C16H21N3O2/c1-18(11-15(20)19-10-9-17-16(19)21)14-8-4-6-12-5-2-3-7-13(12)14/h2-3,5,7,14H,4,6,8-11H2,1H3,(H,17,21). The van der Waals surface area contributed by atoms with E-state index in [1.165, 1.54) is 16.0 Å². The summed E-state index contributed by atoms with van der Waals surface area (Å²) in [6, 6.07) is 8.46. The van der Waals surface area contributed by atoms with Crippen LogP contribution >= 0.6 is 0 Å². The predicted molar refractivity (Wildman–Crippen MR) is 79.9 cm³/mol. The molecule has 1 N–H and O–H groups in total. The van der Waals surface area contributed by atoms with Crippen molar-refractivity contribution >= 4 is 11.9 Å². The maximum Gasteiger partial charge on any atom is 0.324 e. The number of imide groups is 1. The molecular weight excluding hydrogens is 266 g/mol. The highest BCUT2D eigenvalue weighted by atomic mass is 16.2. The van der Waals surface area contributed by atoms with Gasteiger partial charge in [0.1, 0.15) is 0 Å². The molecule has 21 heavy (non-hydrogen) atoms. The highest BCUT2D eigenvalue weighted by molar-refractivity contribution is 5.96. The minimum absolute atomic E-state index is 0.115. The number of aryl methyl sites for hydroxylation is 1. The van der Waals surface area contributed by atoms with Crippen LogP contribution in [0.15, 0.2) is 24.3 Å². The van der Waals surface area contributed by atoms with Crippen molar-refractivity contribution in [2.24, 2.45) is 0 Å². The molecule has 1 aromatic carbocycles. The molecule has 0 radical (unpaired) electrons. The number of hydrogen-bond donors (Lipinski definition) is 1. The Hall–Kier alpha value is -1.88. The fourth-order valence-corrected chi connectivity index (χ4v) is 3.30. The van der Waals surface area contributed by atoms with Crippen LogP contribution in [0.2, 0.25) is 0 Å². The van der Waals surface area contributed by atoms with Crippen molar-refractivity contribution < 1.29 is 9.59 Å². The van der Waals surface area contributed by atoms with Crippen molar-refractivity contribution in [3.8, 4) is 0 Å². The zero-order valence-corrected chi connectivity index (χ0v) is 12.3. The largest absolute Gasteiger partial charge is 0.336 e. The Balaban J connectivity index is 1.70. The molecule has 0 aromatic heterocycles. The number of nitrogens with zero attached hydrogens (tertiary/aromatic N) is 2. The second-order valence-corrected chi connectivity index (χ2v) is 5.80. The van der Waals surface area contributed by atoms with Crippen molar-refractivity contribution in [1.82, 2.24) is 15.1 Å². The topological polar surface area (TPSA) is 52.7 Å². The Labute approximate surface area is 124 Å². The van der Waals surface area contributed by atoms with Gasteiger partial charge in [0, 0.05) is 19.1 Å². The zero-order valence-electron chi connectivity index (χ0n) is 12.3. The molecule has 112 valence electrons. The van der Waals surface area contributed by atoms with Crippen molar-refractivity contribution in [3.63, 3.8) is 0 Å². The number of fused-ring (bicyclic) bond motifs is 1. The number of carbonyl (C=O) groups excluding carboxylic acids is 2. The van der Waals surface area contributed by atoms with Crippen molar-refractivity contribution in [2.75, 3.05) is 26.7 Å². The van der Waals surface area contributed by atoms with Gasteiger partial charge < -0.3 is 5.32 Å². The molecule has 5 nitrogen and oxygen atoms in total. The Morgan fingerprint density at radius 1 is 1.43 bits per heavy atom. The van der Waals surface area contributed by atoms with Crippen LogP contribution in [0.3, 0.4) is 0 Å². The normalized spacial score (nSPS) is 21.3. The maximum atomic E-state index is 12.2. The summed E-state index contributed by atoms with van der Waals surface area (Å²) in [6.07, 6.45) is 3.32. The van der Waals surface area contributed by atoms with E-state index in [1.54, 1.807) is 0 Å². The van der Waals surface area contributed by atoms with Crippen molar-refractivity contribution in [3.05, 3.63) is 35.4 Å². The Morgan fingerprint density at radius 3 is 3.00 bits per heavy atom. The first-order chi connectivity index (χ1) is 10.2. The van der Waals surface area contributed by atoms with Crippen LogP contribution in [-0.2, 0) is 11.2 Å². The summed E-state index contributed by atoms with van der Waals surface area (Å²) in [7, 11) is 1.97. The molecule has 0 spiro atoms. The van der Waals surface area contributed by atoms with E-state index in [2.05, 4.69) is 34.5 Å². The van der Waals surface area contributed by atoms with Gasteiger partial charge in [0.2, 0.25) is 5.91 Å². The predicted octanol–water partition coefficient (Wildman–Crippen LogP) is 1.55. The first-order valence-electron chi connectivity index (χ1n) is 7.53. The SMILES string of the molecule is CN(CC(=O)N1CCNC1=O)C1CCCc2ccccc21. The molecule has 1 heterocycles. The molecule has 1 fully saturated rings. The molecule has 0 saturated carbocycles. The lowest BCUT2D eigenvalue weighted by molar-refractivity contribution is -0.129. The molecule has 5 heteroatoms. The van der Waals surface area contributed by atoms with Crippen LogP contribution in [0.1, 0.15) is 30.0 Å². The number of rotatable bonds is 3. The molecule has 1 aromatic rings. The van der Waals surface area contributed by atoms with E-state index in [0.717, 1.165) is 19.3 Å². The average molecular weight is 287 g/mol. The number of urea groups is 1. The summed E-state index contributed by atoms with van der Waals surface area (Å²) < 4.78 is 0. The fourth-order valence-electron chi connectivity index (χ4n) is 3.30. The number of hydrogen-bond acceptors (Lipinski definition) is 3. The molecule has 1 aliphatic carbocycles. The molecule has 1 unspecified atom stereocenters. The summed E-state index contributed by atoms with van der Waals surface area (Å²) in [5.41, 5.74) is 2.71. The number of carbonyl (C=O) groups is 2. The van der Waals surface area contributed by atoms with Gasteiger partial charge in [-0.15, -0.1) is 0 Å². The van der Waals surface area contributed by atoms with Gasteiger partial charge in [0.05, 0.1) is 6.54 Å². The van der Waals surface area contributed by atoms with Crippen LogP contribution < -0.4 is 5.32 Å². The highest BCUT2D eigenvalue weighted by Gasteiger charge is 2.30. The van der Waals surface area contributed by atoms with Crippen LogP contribution in [0, 0.1) is 0 Å². The summed E-state index contributed by atoms with van der Waals surface area (Å²) in [5.74, 6) is -0.115. The van der Waals surface area contributed by atoms with Gasteiger partial charge in [-0.2, -0.15) is 0 Å². The van der Waals surface area contributed by atoms with Gasteiger partial charge in [-0.1, -0.05) is 24.3 Å². The van der Waals surface area contributed by atoms with Gasteiger partial charge in [-0.25, -0.2) is 4.79 Å². The molecule has 1 aliphatic heterocycles. The van der Waals surface area contributed by atoms with E-state index in [9.17, 15) is 9.59 Å². The summed E-state index contributed by atoms with van der Waals surface area (Å²) >= 11 is 0. The van der Waals surface area contributed by atoms with Gasteiger partial charge in [-0.05, 0) is 37.4 Å². The quantitative estimate of drug-likeness (QED) is 0.917. The maximum absolute atomic E-state index is 12.2. The molecule has 0 bridgehead atoms. The minimum atomic E-state index is -0.266. The van der Waals surface area contributed by atoms with Crippen LogP contribution in [0.4, 0.5) is 4.79 Å². The number of amides is 3. The molecule has 1 atom stereocenters. The molecule has 3 amide bonds. The van der Waals surface area contributed by atoms with E-state index in [-0.39, 0.29) is 24.5 Å². The molecular formula is C16H21N3O2. The fraction of sp³-hybridized carbons (Fsp3) is 0.500. The first kappa shape index (κ1) is 14.1. The highest BCUT2D eigenvalue weighted by Crippen LogP contribution is 2.33. The third kappa shape index (κ3) is 2.78. The summed E-state index contributed by atoms with van der Waals surface area (Å²) in [6.45, 7) is 1.32. The van der Waals surface area contributed by atoms with Crippen LogP contribution in [-0.4, -0.2) is 48.4 Å². The van der Waals surface area contributed by atoms with E-state index in [1.807, 2.05) is 7.05 Å². The van der Waals surface area contributed by atoms with E-state index in [4.69, 9.17) is 0 Å². The van der Waals surface area contributed by atoms with E-state index in [0.29, 0.717) is 13.1 Å². The summed E-state index contributed by atoms with van der Waals surface area (Å²) in [5, 5.41) is 2.67. The van der Waals surface area contributed by atoms with Crippen LogP contribution in [0.25, 0.3) is 0 Å². The summed E-state index contributed by atoms with van der Waals surface area (Å²) in [4.78, 5) is 27.2. The number of benzene rings is 1. The van der Waals surface area contributed by atoms with Crippen molar-refractivity contribution in [1.29, 1.82) is 0 Å².